The van der Waals surface area contributed by atoms with E-state index in [9.17, 15) is 5.11 Å². The standard InChI is InChI=1S/C23H28N6O2/c1-15-10-16(2)26-22(11-15)28-13-17-6-9-27(14-21(17)28)23(30)19-5-4-18(31-3)12-20(19)29-24-7-8-25-29/h4-5,7-8,10-12,17,21,23,30H,6,9,13-14H2,1-3H3. The van der Waals surface area contributed by atoms with E-state index in [4.69, 9.17) is 9.72 Å². The highest BCUT2D eigenvalue weighted by atomic mass is 16.5. The monoisotopic (exact) mass is 420 g/mol. The first-order chi connectivity index (χ1) is 15.0. The Balaban J connectivity index is 1.39. The Hall–Kier alpha value is -2.97. The van der Waals surface area contributed by atoms with E-state index < -0.39 is 6.23 Å². The number of nitrogens with zero attached hydrogens (tertiary/aromatic N) is 6. The van der Waals surface area contributed by atoms with Crippen molar-refractivity contribution in [3.05, 3.63) is 59.5 Å². The second-order valence-electron chi connectivity index (χ2n) is 8.52. The van der Waals surface area contributed by atoms with Gasteiger partial charge in [0.15, 0.2) is 0 Å². The average molecular weight is 421 g/mol. The number of pyridine rings is 1. The molecular weight excluding hydrogens is 392 g/mol. The number of benzene rings is 1. The summed E-state index contributed by atoms with van der Waals surface area (Å²) >= 11 is 0. The van der Waals surface area contributed by atoms with Gasteiger partial charge in [0.05, 0.1) is 25.2 Å². The molecule has 0 spiro atoms. The number of aryl methyl sites for hydroxylation is 2. The maximum atomic E-state index is 11.3. The molecule has 2 aliphatic heterocycles. The number of hydrogen-bond acceptors (Lipinski definition) is 7. The highest BCUT2D eigenvalue weighted by Crippen LogP contribution is 2.39. The van der Waals surface area contributed by atoms with Gasteiger partial charge >= 0.3 is 0 Å². The first-order valence-electron chi connectivity index (χ1n) is 10.7. The van der Waals surface area contributed by atoms with Crippen LogP contribution in [0.1, 0.15) is 29.5 Å². The number of aliphatic hydroxyl groups excluding tert-OH is 1. The molecule has 2 aromatic heterocycles. The summed E-state index contributed by atoms with van der Waals surface area (Å²) in [5.74, 6) is 2.39. The molecule has 0 aliphatic carbocycles. The number of aliphatic hydroxyl groups is 1. The third kappa shape index (κ3) is 3.66. The van der Waals surface area contributed by atoms with Gasteiger partial charge in [0, 0.05) is 43.0 Å². The van der Waals surface area contributed by atoms with Crippen LogP contribution in [0.25, 0.3) is 5.69 Å². The second kappa shape index (κ2) is 7.94. The molecule has 8 heteroatoms. The number of anilines is 1. The summed E-state index contributed by atoms with van der Waals surface area (Å²) in [5.41, 5.74) is 3.76. The van der Waals surface area contributed by atoms with Crippen molar-refractivity contribution in [2.75, 3.05) is 31.6 Å². The van der Waals surface area contributed by atoms with E-state index in [0.29, 0.717) is 17.7 Å². The van der Waals surface area contributed by atoms with Crippen LogP contribution in [0, 0.1) is 19.8 Å². The Morgan fingerprint density at radius 1 is 1.10 bits per heavy atom. The van der Waals surface area contributed by atoms with Crippen molar-refractivity contribution in [1.82, 2.24) is 24.9 Å². The van der Waals surface area contributed by atoms with Gasteiger partial charge in [-0.15, -0.1) is 0 Å². The van der Waals surface area contributed by atoms with Crippen LogP contribution in [0.3, 0.4) is 0 Å². The topological polar surface area (TPSA) is 79.5 Å². The van der Waals surface area contributed by atoms with Crippen LogP contribution in [-0.2, 0) is 0 Å². The molecule has 3 aromatic rings. The summed E-state index contributed by atoms with van der Waals surface area (Å²) in [6.07, 6.45) is 3.57. The SMILES string of the molecule is COc1ccc(C(O)N2CCC3CN(c4cc(C)cc(C)n4)C3C2)c(-n2nccn2)c1. The van der Waals surface area contributed by atoms with Crippen LogP contribution in [0.2, 0.25) is 0 Å². The maximum absolute atomic E-state index is 11.3. The summed E-state index contributed by atoms with van der Waals surface area (Å²) in [6, 6.07) is 10.3. The molecular formula is C23H28N6O2. The number of hydrogen-bond donors (Lipinski definition) is 1. The molecule has 0 amide bonds. The van der Waals surface area contributed by atoms with Gasteiger partial charge in [-0.05, 0) is 56.0 Å². The summed E-state index contributed by atoms with van der Waals surface area (Å²) in [4.78, 5) is 10.8. The number of fused-ring (bicyclic) bond motifs is 1. The Kier molecular flexibility index (Phi) is 5.11. The zero-order valence-corrected chi connectivity index (χ0v) is 18.1. The van der Waals surface area contributed by atoms with E-state index in [1.807, 2.05) is 25.1 Å². The van der Waals surface area contributed by atoms with Gasteiger partial charge < -0.3 is 14.7 Å². The fraction of sp³-hybridized carbons (Fsp3) is 0.435. The average Bonchev–Trinajstić information content (AvgIpc) is 3.28. The molecule has 8 nitrogen and oxygen atoms in total. The minimum absolute atomic E-state index is 0.363. The van der Waals surface area contributed by atoms with Crippen molar-refractivity contribution in [1.29, 1.82) is 0 Å². The van der Waals surface area contributed by atoms with E-state index in [2.05, 4.69) is 39.1 Å². The lowest BCUT2D eigenvalue weighted by Gasteiger charge is -2.54. The van der Waals surface area contributed by atoms with Crippen LogP contribution in [0.5, 0.6) is 5.75 Å². The van der Waals surface area contributed by atoms with E-state index in [1.165, 1.54) is 10.4 Å². The number of methoxy groups -OCH3 is 1. The normalized spacial score (nSPS) is 22.0. The minimum Gasteiger partial charge on any atom is -0.497 e. The van der Waals surface area contributed by atoms with Crippen molar-refractivity contribution in [3.8, 4) is 11.4 Å². The molecule has 162 valence electrons. The highest BCUT2D eigenvalue weighted by Gasteiger charge is 2.44. The zero-order chi connectivity index (χ0) is 21.5. The van der Waals surface area contributed by atoms with E-state index in [-0.39, 0.29) is 0 Å². The number of piperidine rings is 1. The molecule has 0 radical (unpaired) electrons. The molecule has 3 unspecified atom stereocenters. The van der Waals surface area contributed by atoms with Crippen molar-refractivity contribution in [2.45, 2.75) is 32.5 Å². The number of likely N-dealkylation sites (tertiary alicyclic amines) is 1. The maximum Gasteiger partial charge on any atom is 0.135 e. The predicted molar refractivity (Wildman–Crippen MR) is 117 cm³/mol. The molecule has 1 N–H and O–H groups in total. The summed E-state index contributed by atoms with van der Waals surface area (Å²) in [5, 5.41) is 19.9. The lowest BCUT2D eigenvalue weighted by atomic mass is 9.82. The van der Waals surface area contributed by atoms with E-state index in [1.54, 1.807) is 19.5 Å². The summed E-state index contributed by atoms with van der Waals surface area (Å²) in [7, 11) is 1.63. The first-order valence-corrected chi connectivity index (χ1v) is 10.7. The van der Waals surface area contributed by atoms with Crippen molar-refractivity contribution < 1.29 is 9.84 Å². The Morgan fingerprint density at radius 3 is 2.65 bits per heavy atom. The van der Waals surface area contributed by atoms with Crippen LogP contribution in [-0.4, -0.2) is 62.8 Å². The van der Waals surface area contributed by atoms with Gasteiger partial charge in [-0.3, -0.25) is 4.90 Å². The Bertz CT molecular complexity index is 1050. The third-order valence-corrected chi connectivity index (χ3v) is 6.46. The Labute approximate surface area is 182 Å². The predicted octanol–water partition coefficient (Wildman–Crippen LogP) is 2.49. The lowest BCUT2D eigenvalue weighted by Crippen LogP contribution is -2.65. The quantitative estimate of drug-likeness (QED) is 0.679. The van der Waals surface area contributed by atoms with Crippen molar-refractivity contribution in [2.24, 2.45) is 5.92 Å². The largest absolute Gasteiger partial charge is 0.497 e. The fourth-order valence-electron chi connectivity index (χ4n) is 4.85. The number of aromatic nitrogens is 4. The van der Waals surface area contributed by atoms with Gasteiger partial charge in [-0.25, -0.2) is 4.98 Å². The molecule has 5 rings (SSSR count). The Morgan fingerprint density at radius 2 is 1.90 bits per heavy atom. The molecule has 2 aliphatic rings. The highest BCUT2D eigenvalue weighted by molar-refractivity contribution is 5.48. The fourth-order valence-corrected chi connectivity index (χ4v) is 4.85. The molecule has 3 atom stereocenters. The van der Waals surface area contributed by atoms with E-state index >= 15 is 0 Å². The van der Waals surface area contributed by atoms with Crippen LogP contribution >= 0.6 is 0 Å². The summed E-state index contributed by atoms with van der Waals surface area (Å²) < 4.78 is 5.38. The molecule has 0 bridgehead atoms. The van der Waals surface area contributed by atoms with Crippen LogP contribution < -0.4 is 9.64 Å². The number of ether oxygens (including phenoxy) is 1. The minimum atomic E-state index is -0.748. The lowest BCUT2D eigenvalue weighted by molar-refractivity contribution is -0.0363. The van der Waals surface area contributed by atoms with E-state index in [0.717, 1.165) is 48.8 Å². The molecule has 0 saturated carbocycles. The molecule has 4 heterocycles. The molecule has 31 heavy (non-hydrogen) atoms. The van der Waals surface area contributed by atoms with Gasteiger partial charge in [-0.2, -0.15) is 15.0 Å². The third-order valence-electron chi connectivity index (χ3n) is 6.46. The van der Waals surface area contributed by atoms with Crippen molar-refractivity contribution >= 4 is 5.82 Å². The molecule has 1 aromatic carbocycles. The summed E-state index contributed by atoms with van der Waals surface area (Å²) in [6.45, 7) is 6.84. The van der Waals surface area contributed by atoms with Crippen molar-refractivity contribution in [3.63, 3.8) is 0 Å². The van der Waals surface area contributed by atoms with Gasteiger partial charge in [0.25, 0.3) is 0 Å². The molecule has 2 saturated heterocycles. The first kappa shape index (κ1) is 20.0. The zero-order valence-electron chi connectivity index (χ0n) is 18.1. The smallest absolute Gasteiger partial charge is 0.135 e. The second-order valence-corrected chi connectivity index (χ2v) is 8.52. The van der Waals surface area contributed by atoms with Crippen LogP contribution in [0.15, 0.2) is 42.7 Å². The van der Waals surface area contributed by atoms with Crippen LogP contribution in [0.4, 0.5) is 5.82 Å². The van der Waals surface area contributed by atoms with Gasteiger partial charge in [-0.1, -0.05) is 0 Å². The number of rotatable bonds is 5. The molecule has 2 fully saturated rings. The van der Waals surface area contributed by atoms with Gasteiger partial charge in [0.1, 0.15) is 17.8 Å². The van der Waals surface area contributed by atoms with Gasteiger partial charge in [0.2, 0.25) is 0 Å².